The van der Waals surface area contributed by atoms with Crippen LogP contribution in [0.4, 0.5) is 0 Å². The van der Waals surface area contributed by atoms with Gasteiger partial charge in [-0.15, -0.1) is 0 Å². The molecule has 0 spiro atoms. The molecule has 98 valence electrons. The molecule has 3 rings (SSSR count). The molecule has 0 aliphatic rings. The van der Waals surface area contributed by atoms with Gasteiger partial charge in [0.25, 0.3) is 0 Å². The maximum Gasteiger partial charge on any atom is 0.116 e. The summed E-state index contributed by atoms with van der Waals surface area (Å²) in [6.07, 6.45) is 0. The highest BCUT2D eigenvalue weighted by Crippen LogP contribution is 2.35. The molecule has 0 radical (unpaired) electrons. The summed E-state index contributed by atoms with van der Waals surface area (Å²) < 4.78 is 0. The topological polar surface area (TPSA) is 40.5 Å². The van der Waals surface area contributed by atoms with Gasteiger partial charge in [0.1, 0.15) is 11.5 Å². The van der Waals surface area contributed by atoms with Crippen molar-refractivity contribution < 1.29 is 10.2 Å². The van der Waals surface area contributed by atoms with Gasteiger partial charge >= 0.3 is 0 Å². The zero-order valence-electron chi connectivity index (χ0n) is 10.8. The van der Waals surface area contributed by atoms with Crippen LogP contribution >= 0.6 is 0 Å². The molecule has 0 fully saturated rings. The smallest absolute Gasteiger partial charge is 0.116 e. The van der Waals surface area contributed by atoms with E-state index in [0.717, 1.165) is 22.3 Å². The molecule has 3 aromatic carbocycles. The van der Waals surface area contributed by atoms with Crippen LogP contribution in [0.15, 0.2) is 72.8 Å². The fraction of sp³-hybridized carbons (Fsp3) is 0. The molecule has 0 atom stereocenters. The second-order valence-electron chi connectivity index (χ2n) is 4.64. The number of benzene rings is 3. The van der Waals surface area contributed by atoms with E-state index in [9.17, 15) is 10.2 Å². The molecule has 2 nitrogen and oxygen atoms in total. The van der Waals surface area contributed by atoms with Gasteiger partial charge in [0, 0.05) is 0 Å². The highest BCUT2D eigenvalue weighted by molar-refractivity contribution is 5.84. The molecule has 0 bridgehead atoms. The van der Waals surface area contributed by atoms with Crippen LogP contribution in [0.5, 0.6) is 11.5 Å². The maximum atomic E-state index is 9.75. The Kier molecular flexibility index (Phi) is 3.13. The van der Waals surface area contributed by atoms with Gasteiger partial charge < -0.3 is 10.2 Å². The molecule has 0 saturated heterocycles. The summed E-state index contributed by atoms with van der Waals surface area (Å²) in [5.74, 6) is 0.486. The Hall–Kier alpha value is -2.74. The minimum atomic E-state index is 0.242. The Balaban J connectivity index is 2.19. The summed E-state index contributed by atoms with van der Waals surface area (Å²) in [4.78, 5) is 0. The minimum Gasteiger partial charge on any atom is -0.508 e. The van der Waals surface area contributed by atoms with Gasteiger partial charge in [-0.05, 0) is 46.5 Å². The van der Waals surface area contributed by atoms with Crippen molar-refractivity contribution in [2.24, 2.45) is 0 Å². The van der Waals surface area contributed by atoms with Gasteiger partial charge in [-0.3, -0.25) is 0 Å². The number of hydrogen-bond acceptors (Lipinski definition) is 2. The van der Waals surface area contributed by atoms with E-state index in [0.29, 0.717) is 0 Å². The molecule has 0 unspecified atom stereocenters. The summed E-state index contributed by atoms with van der Waals surface area (Å²) in [5.41, 5.74) is 4.04. The van der Waals surface area contributed by atoms with Crippen LogP contribution < -0.4 is 0 Å². The first-order valence-corrected chi connectivity index (χ1v) is 6.42. The van der Waals surface area contributed by atoms with Crippen molar-refractivity contribution in [2.75, 3.05) is 0 Å². The number of phenols is 2. The van der Waals surface area contributed by atoms with Gasteiger partial charge in [-0.2, -0.15) is 0 Å². The van der Waals surface area contributed by atoms with Crippen LogP contribution in [-0.2, 0) is 0 Å². The van der Waals surface area contributed by atoms with Crippen molar-refractivity contribution in [3.05, 3.63) is 72.8 Å². The quantitative estimate of drug-likeness (QED) is 0.717. The summed E-state index contributed by atoms with van der Waals surface area (Å²) in [5, 5.41) is 19.1. The summed E-state index contributed by atoms with van der Waals surface area (Å²) in [6, 6.07) is 22.3. The van der Waals surface area contributed by atoms with E-state index in [-0.39, 0.29) is 11.5 Å². The van der Waals surface area contributed by atoms with Crippen molar-refractivity contribution in [1.82, 2.24) is 0 Å². The second kappa shape index (κ2) is 5.10. The van der Waals surface area contributed by atoms with Gasteiger partial charge in [0.2, 0.25) is 0 Å². The average molecular weight is 262 g/mol. The largest absolute Gasteiger partial charge is 0.508 e. The predicted octanol–water partition coefficient (Wildman–Crippen LogP) is 4.43. The molecule has 0 saturated carbocycles. The Morgan fingerprint density at radius 2 is 1.10 bits per heavy atom. The molecule has 0 heterocycles. The molecule has 2 heteroatoms. The third-order valence-electron chi connectivity index (χ3n) is 3.27. The first-order valence-electron chi connectivity index (χ1n) is 6.42. The van der Waals surface area contributed by atoms with E-state index in [2.05, 4.69) is 0 Å². The highest BCUT2D eigenvalue weighted by Gasteiger charge is 2.08. The van der Waals surface area contributed by atoms with Crippen LogP contribution in [0.3, 0.4) is 0 Å². The number of hydrogen-bond donors (Lipinski definition) is 2. The Labute approximate surface area is 117 Å². The van der Waals surface area contributed by atoms with E-state index in [4.69, 9.17) is 0 Å². The van der Waals surface area contributed by atoms with Crippen LogP contribution in [0.25, 0.3) is 22.3 Å². The zero-order chi connectivity index (χ0) is 13.9. The lowest BCUT2D eigenvalue weighted by molar-refractivity contribution is 0.474. The average Bonchev–Trinajstić information content (AvgIpc) is 2.49. The zero-order valence-corrected chi connectivity index (χ0v) is 10.8. The van der Waals surface area contributed by atoms with Crippen LogP contribution in [0.1, 0.15) is 0 Å². The SMILES string of the molecule is Oc1ccc(-c2ccc(O)cc2-c2ccccc2)cc1. The lowest BCUT2D eigenvalue weighted by Gasteiger charge is -2.11. The fourth-order valence-electron chi connectivity index (χ4n) is 2.28. The van der Waals surface area contributed by atoms with Crippen molar-refractivity contribution in [3.8, 4) is 33.8 Å². The molecular weight excluding hydrogens is 248 g/mol. The summed E-state index contributed by atoms with van der Waals surface area (Å²) in [6.45, 7) is 0. The fourth-order valence-corrected chi connectivity index (χ4v) is 2.28. The van der Waals surface area contributed by atoms with Crippen LogP contribution in [-0.4, -0.2) is 10.2 Å². The van der Waals surface area contributed by atoms with Crippen molar-refractivity contribution in [3.63, 3.8) is 0 Å². The van der Waals surface area contributed by atoms with E-state index in [1.54, 1.807) is 24.3 Å². The van der Waals surface area contributed by atoms with E-state index < -0.39 is 0 Å². The van der Waals surface area contributed by atoms with E-state index in [1.165, 1.54) is 0 Å². The normalized spacial score (nSPS) is 10.4. The van der Waals surface area contributed by atoms with Crippen molar-refractivity contribution >= 4 is 0 Å². The number of rotatable bonds is 2. The predicted molar refractivity (Wildman–Crippen MR) is 80.6 cm³/mol. The van der Waals surface area contributed by atoms with Crippen LogP contribution in [0.2, 0.25) is 0 Å². The molecule has 0 aromatic heterocycles. The lowest BCUT2D eigenvalue weighted by atomic mass is 9.94. The number of phenolic OH excluding ortho intramolecular Hbond substituents is 2. The lowest BCUT2D eigenvalue weighted by Crippen LogP contribution is -1.85. The van der Waals surface area contributed by atoms with E-state index >= 15 is 0 Å². The summed E-state index contributed by atoms with van der Waals surface area (Å²) in [7, 11) is 0. The Bertz CT molecular complexity index is 716. The second-order valence-corrected chi connectivity index (χ2v) is 4.64. The molecule has 0 aliphatic carbocycles. The first-order chi connectivity index (χ1) is 9.74. The van der Waals surface area contributed by atoms with E-state index in [1.807, 2.05) is 48.5 Å². The molecule has 3 aromatic rings. The van der Waals surface area contributed by atoms with Crippen molar-refractivity contribution in [2.45, 2.75) is 0 Å². The molecule has 0 aliphatic heterocycles. The molecule has 20 heavy (non-hydrogen) atoms. The van der Waals surface area contributed by atoms with Gasteiger partial charge in [-0.1, -0.05) is 48.5 Å². The summed E-state index contributed by atoms with van der Waals surface area (Å²) >= 11 is 0. The van der Waals surface area contributed by atoms with Gasteiger partial charge in [0.05, 0.1) is 0 Å². The minimum absolute atomic E-state index is 0.242. The number of aromatic hydroxyl groups is 2. The third-order valence-corrected chi connectivity index (χ3v) is 3.27. The van der Waals surface area contributed by atoms with Gasteiger partial charge in [0.15, 0.2) is 0 Å². The maximum absolute atomic E-state index is 9.75. The van der Waals surface area contributed by atoms with Gasteiger partial charge in [-0.25, -0.2) is 0 Å². The Morgan fingerprint density at radius 1 is 0.500 bits per heavy atom. The monoisotopic (exact) mass is 262 g/mol. The molecular formula is C18H14O2. The standard InChI is InChI=1S/C18H14O2/c19-15-8-6-14(7-9-15)17-11-10-16(20)12-18(17)13-4-2-1-3-5-13/h1-12,19-20H. The molecule has 0 amide bonds. The van der Waals surface area contributed by atoms with Crippen LogP contribution in [0, 0.1) is 0 Å². The Morgan fingerprint density at radius 3 is 1.80 bits per heavy atom. The highest BCUT2D eigenvalue weighted by atomic mass is 16.3. The first kappa shape index (κ1) is 12.3. The third kappa shape index (κ3) is 2.36. The van der Waals surface area contributed by atoms with Crippen molar-refractivity contribution in [1.29, 1.82) is 0 Å². The molecule has 2 N–H and O–H groups in total.